The molecule has 0 saturated heterocycles. The van der Waals surface area contributed by atoms with Gasteiger partial charge in [0.05, 0.1) is 16.0 Å². The largest absolute Gasteiger partial charge is 0.489 e. The molecule has 0 heterocycles. The molecule has 196 valence electrons. The molecular weight excluding hydrogens is 496 g/mol. The van der Waals surface area contributed by atoms with Gasteiger partial charge in [0.25, 0.3) is 10.0 Å². The minimum Gasteiger partial charge on any atom is -0.489 e. The van der Waals surface area contributed by atoms with E-state index < -0.39 is 10.0 Å². The molecule has 3 rings (SSSR count). The highest BCUT2D eigenvalue weighted by atomic mass is 35.5. The first kappa shape index (κ1) is 28.2. The molecule has 9 heteroatoms. The number of sulfonamides is 1. The zero-order chi connectivity index (χ0) is 26.1. The van der Waals surface area contributed by atoms with Crippen LogP contribution in [0.15, 0.2) is 50.7 Å². The average Bonchev–Trinajstić information content (AvgIpc) is 2.87. The second-order valence-corrected chi connectivity index (χ2v) is 11.3. The van der Waals surface area contributed by atoms with E-state index in [0.717, 1.165) is 55.3 Å². The topological polar surface area (TPSA) is 83.4 Å². The van der Waals surface area contributed by atoms with Crippen LogP contribution in [-0.2, 0) is 23.0 Å². The molecule has 1 aliphatic rings. The van der Waals surface area contributed by atoms with E-state index in [0.29, 0.717) is 23.4 Å². The molecule has 0 unspecified atom stereocenters. The van der Waals surface area contributed by atoms with Gasteiger partial charge in [-0.15, -0.1) is 4.40 Å². The average molecular weight is 533 g/mol. The fraction of sp³-hybridized carbons (Fsp3) is 0.481. The van der Waals surface area contributed by atoms with E-state index in [1.165, 1.54) is 6.34 Å². The molecule has 0 spiro atoms. The molecule has 1 fully saturated rings. The highest BCUT2D eigenvalue weighted by Gasteiger charge is 2.23. The summed E-state index contributed by atoms with van der Waals surface area (Å²) >= 11 is 6.43. The van der Waals surface area contributed by atoms with Gasteiger partial charge in [-0.1, -0.05) is 24.6 Å². The zero-order valence-corrected chi connectivity index (χ0v) is 23.1. The number of nitrogens with one attached hydrogen (secondary N) is 1. The smallest absolute Gasteiger partial charge is 0.283 e. The van der Waals surface area contributed by atoms with E-state index >= 15 is 0 Å². The van der Waals surface area contributed by atoms with Gasteiger partial charge in [-0.2, -0.15) is 8.42 Å². The Kier molecular flexibility index (Phi) is 10.3. The number of rotatable bonds is 11. The van der Waals surface area contributed by atoms with Crippen LogP contribution in [0.5, 0.6) is 5.75 Å². The molecule has 0 aromatic heterocycles. The summed E-state index contributed by atoms with van der Waals surface area (Å²) in [4.78, 5) is 6.07. The number of nitrogens with zero attached hydrogens (tertiary/aromatic N) is 3. The Morgan fingerprint density at radius 1 is 1.08 bits per heavy atom. The molecule has 36 heavy (non-hydrogen) atoms. The lowest BCUT2D eigenvalue weighted by Crippen LogP contribution is -2.36. The van der Waals surface area contributed by atoms with Gasteiger partial charge in [0.1, 0.15) is 12.1 Å². The minimum absolute atomic E-state index is 0.130. The van der Waals surface area contributed by atoms with Crippen molar-refractivity contribution in [1.29, 1.82) is 0 Å². The maximum absolute atomic E-state index is 12.6. The number of hydrogen-bond acceptors (Lipinski definition) is 5. The summed E-state index contributed by atoms with van der Waals surface area (Å²) in [6.45, 7) is 5.43. The van der Waals surface area contributed by atoms with Gasteiger partial charge in [-0.3, -0.25) is 4.99 Å². The SMILES string of the molecule is CCN=Cc1ccc(OC2CCC(NCc3cc(S(=O)(=O)N=CN(C)C)ccc3CC)CC2)c(Cl)c1. The van der Waals surface area contributed by atoms with Crippen LogP contribution in [0.3, 0.4) is 0 Å². The van der Waals surface area contributed by atoms with Gasteiger partial charge in [0, 0.05) is 39.4 Å². The Hall–Kier alpha value is -2.42. The summed E-state index contributed by atoms with van der Waals surface area (Å²) < 4.78 is 35.2. The number of halogens is 1. The van der Waals surface area contributed by atoms with Crippen molar-refractivity contribution < 1.29 is 13.2 Å². The first-order chi connectivity index (χ1) is 17.2. The predicted octanol–water partition coefficient (Wildman–Crippen LogP) is 5.10. The van der Waals surface area contributed by atoms with Crippen LogP contribution in [0.4, 0.5) is 0 Å². The molecule has 0 bridgehead atoms. The van der Waals surface area contributed by atoms with Crippen molar-refractivity contribution in [2.24, 2.45) is 9.39 Å². The van der Waals surface area contributed by atoms with Crippen molar-refractivity contribution in [3.05, 3.63) is 58.1 Å². The Morgan fingerprint density at radius 3 is 2.47 bits per heavy atom. The quantitative estimate of drug-likeness (QED) is 0.321. The van der Waals surface area contributed by atoms with Crippen molar-refractivity contribution in [3.8, 4) is 5.75 Å². The summed E-state index contributed by atoms with van der Waals surface area (Å²) in [6, 6.07) is 11.4. The second-order valence-electron chi connectivity index (χ2n) is 9.23. The van der Waals surface area contributed by atoms with Crippen molar-refractivity contribution in [2.75, 3.05) is 20.6 Å². The van der Waals surface area contributed by atoms with Crippen LogP contribution in [-0.4, -0.2) is 58.7 Å². The standard InChI is InChI=1S/C27H37ClN4O3S/c1-5-21-8-13-25(36(33,34)31-19-32(3)4)16-22(21)18-30-23-9-11-24(12-10-23)35-27-14-7-20(15-26(27)28)17-29-6-2/h7-8,13-17,19,23-24,30H,5-6,9-12,18H2,1-4H3. The summed E-state index contributed by atoms with van der Waals surface area (Å²) in [5.41, 5.74) is 3.10. The van der Waals surface area contributed by atoms with Crippen LogP contribution in [0.1, 0.15) is 56.2 Å². The third-order valence-electron chi connectivity index (χ3n) is 6.20. The lowest BCUT2D eigenvalue weighted by Gasteiger charge is -2.30. The number of hydrogen-bond donors (Lipinski definition) is 1. The number of ether oxygens (including phenoxy) is 1. The molecule has 1 saturated carbocycles. The summed E-state index contributed by atoms with van der Waals surface area (Å²) in [5, 5.41) is 4.23. The van der Waals surface area contributed by atoms with Crippen molar-refractivity contribution in [2.45, 2.75) is 69.5 Å². The maximum Gasteiger partial charge on any atom is 0.283 e. The third kappa shape index (κ3) is 8.05. The number of aliphatic imine (C=N–C) groups is 1. The lowest BCUT2D eigenvalue weighted by atomic mass is 9.92. The Bertz CT molecular complexity index is 1170. The van der Waals surface area contributed by atoms with Gasteiger partial charge in [-0.05, 0) is 86.1 Å². The van der Waals surface area contributed by atoms with E-state index in [-0.39, 0.29) is 11.0 Å². The van der Waals surface area contributed by atoms with E-state index in [4.69, 9.17) is 16.3 Å². The molecule has 0 amide bonds. The summed E-state index contributed by atoms with van der Waals surface area (Å²) in [5.74, 6) is 0.712. The van der Waals surface area contributed by atoms with Crippen molar-refractivity contribution in [3.63, 3.8) is 0 Å². The number of benzene rings is 2. The van der Waals surface area contributed by atoms with E-state index in [9.17, 15) is 8.42 Å². The van der Waals surface area contributed by atoms with Gasteiger partial charge in [0.15, 0.2) is 0 Å². The molecule has 1 N–H and O–H groups in total. The van der Waals surface area contributed by atoms with E-state index in [2.05, 4.69) is 21.6 Å². The van der Waals surface area contributed by atoms with Gasteiger partial charge < -0.3 is 15.0 Å². The first-order valence-electron chi connectivity index (χ1n) is 12.5. The molecule has 1 aliphatic carbocycles. The van der Waals surface area contributed by atoms with Crippen LogP contribution >= 0.6 is 11.6 Å². The minimum atomic E-state index is -3.73. The monoisotopic (exact) mass is 532 g/mol. The molecule has 2 aromatic carbocycles. The summed E-state index contributed by atoms with van der Waals surface area (Å²) in [7, 11) is -0.252. The van der Waals surface area contributed by atoms with Crippen LogP contribution in [0.25, 0.3) is 0 Å². The van der Waals surface area contributed by atoms with Crippen LogP contribution in [0, 0.1) is 0 Å². The Balaban J connectivity index is 1.56. The second kappa shape index (κ2) is 13.2. The van der Waals surface area contributed by atoms with Gasteiger partial charge >= 0.3 is 0 Å². The summed E-state index contributed by atoms with van der Waals surface area (Å²) in [6.07, 6.45) is 7.92. The molecule has 7 nitrogen and oxygen atoms in total. The molecule has 0 radical (unpaired) electrons. The normalized spacial score (nSPS) is 18.7. The highest BCUT2D eigenvalue weighted by Crippen LogP contribution is 2.30. The number of aryl methyl sites for hydroxylation is 1. The van der Waals surface area contributed by atoms with Crippen molar-refractivity contribution >= 4 is 34.2 Å². The highest BCUT2D eigenvalue weighted by molar-refractivity contribution is 7.90. The van der Waals surface area contributed by atoms with Crippen molar-refractivity contribution in [1.82, 2.24) is 10.2 Å². The maximum atomic E-state index is 12.6. The molecule has 2 aromatic rings. The van der Waals surface area contributed by atoms with Gasteiger partial charge in [0.2, 0.25) is 0 Å². The Morgan fingerprint density at radius 2 is 1.83 bits per heavy atom. The molecule has 0 aliphatic heterocycles. The fourth-order valence-corrected chi connectivity index (χ4v) is 5.40. The molecule has 0 atom stereocenters. The zero-order valence-electron chi connectivity index (χ0n) is 21.6. The fourth-order valence-electron chi connectivity index (χ4n) is 4.20. The van der Waals surface area contributed by atoms with Crippen LogP contribution in [0.2, 0.25) is 5.02 Å². The lowest BCUT2D eigenvalue weighted by molar-refractivity contribution is 0.139. The predicted molar refractivity (Wildman–Crippen MR) is 148 cm³/mol. The van der Waals surface area contributed by atoms with E-state index in [1.54, 1.807) is 31.1 Å². The first-order valence-corrected chi connectivity index (χ1v) is 14.3. The Labute approximate surface area is 220 Å². The van der Waals surface area contributed by atoms with Crippen LogP contribution < -0.4 is 10.1 Å². The van der Waals surface area contributed by atoms with E-state index in [1.807, 2.05) is 37.4 Å². The third-order valence-corrected chi connectivity index (χ3v) is 7.72. The van der Waals surface area contributed by atoms with Gasteiger partial charge in [-0.25, -0.2) is 0 Å². The molecular formula is C27H37ClN4O3S.